The molecule has 0 aromatic carbocycles. The van der Waals surface area contributed by atoms with Crippen LogP contribution in [-0.2, 0) is 6.42 Å². The van der Waals surface area contributed by atoms with Gasteiger partial charge in [0, 0.05) is 18.9 Å². The predicted octanol–water partition coefficient (Wildman–Crippen LogP) is 4.10. The van der Waals surface area contributed by atoms with E-state index in [0.29, 0.717) is 15.5 Å². The lowest BCUT2D eigenvalue weighted by Crippen LogP contribution is -2.30. The maximum atomic E-state index is 6.09. The Bertz CT molecular complexity index is 381. The zero-order chi connectivity index (χ0) is 13.0. The van der Waals surface area contributed by atoms with E-state index in [1.807, 2.05) is 0 Å². The third-order valence-electron chi connectivity index (χ3n) is 3.87. The summed E-state index contributed by atoms with van der Waals surface area (Å²) in [6.45, 7) is 4.38. The molecule has 1 aromatic rings. The van der Waals surface area contributed by atoms with Crippen LogP contribution in [0.15, 0.2) is 12.4 Å². The van der Waals surface area contributed by atoms with E-state index in [0.717, 1.165) is 25.1 Å². The molecule has 1 fully saturated rings. The number of nitrogens with zero attached hydrogens (tertiary/aromatic N) is 1. The van der Waals surface area contributed by atoms with Gasteiger partial charge in [0.25, 0.3) is 0 Å². The van der Waals surface area contributed by atoms with Gasteiger partial charge in [0.1, 0.15) is 0 Å². The Hall–Kier alpha value is -0.310. The molecular formula is C14H20Cl2N2. The zero-order valence-electron chi connectivity index (χ0n) is 10.8. The maximum Gasteiger partial charge on any atom is 0.0636 e. The lowest BCUT2D eigenvalue weighted by molar-refractivity contribution is 0.316. The summed E-state index contributed by atoms with van der Waals surface area (Å²) in [6, 6.07) is 0. The van der Waals surface area contributed by atoms with Crippen molar-refractivity contribution in [2.24, 2.45) is 5.41 Å². The molecule has 0 radical (unpaired) electrons. The predicted molar refractivity (Wildman–Crippen MR) is 77.4 cm³/mol. The van der Waals surface area contributed by atoms with Gasteiger partial charge in [-0.3, -0.25) is 4.98 Å². The normalized spacial score (nSPS) is 18.2. The lowest BCUT2D eigenvalue weighted by Gasteiger charge is -2.23. The van der Waals surface area contributed by atoms with E-state index in [1.165, 1.54) is 25.7 Å². The summed E-state index contributed by atoms with van der Waals surface area (Å²) < 4.78 is 0. The van der Waals surface area contributed by atoms with Crippen LogP contribution in [0, 0.1) is 5.41 Å². The molecule has 0 amide bonds. The molecular weight excluding hydrogens is 267 g/mol. The monoisotopic (exact) mass is 286 g/mol. The van der Waals surface area contributed by atoms with Gasteiger partial charge in [-0.1, -0.05) is 43.0 Å². The summed E-state index contributed by atoms with van der Waals surface area (Å²) in [5.74, 6) is 0. The van der Waals surface area contributed by atoms with Gasteiger partial charge in [0.15, 0.2) is 0 Å². The van der Waals surface area contributed by atoms with Crippen LogP contribution in [0.5, 0.6) is 0 Å². The van der Waals surface area contributed by atoms with Gasteiger partial charge >= 0.3 is 0 Å². The minimum absolute atomic E-state index is 0.492. The van der Waals surface area contributed by atoms with Crippen LogP contribution in [0.25, 0.3) is 0 Å². The van der Waals surface area contributed by atoms with Crippen LogP contribution < -0.4 is 5.32 Å². The van der Waals surface area contributed by atoms with E-state index in [4.69, 9.17) is 23.2 Å². The summed E-state index contributed by atoms with van der Waals surface area (Å²) in [5.41, 5.74) is 1.49. The van der Waals surface area contributed by atoms with Gasteiger partial charge < -0.3 is 5.32 Å². The number of hydrogen-bond donors (Lipinski definition) is 1. The Morgan fingerprint density at radius 2 is 1.83 bits per heavy atom. The number of halogens is 2. The minimum Gasteiger partial charge on any atom is -0.316 e. The highest BCUT2D eigenvalue weighted by atomic mass is 35.5. The van der Waals surface area contributed by atoms with Gasteiger partial charge in [-0.15, -0.1) is 0 Å². The highest BCUT2D eigenvalue weighted by Crippen LogP contribution is 2.36. The van der Waals surface area contributed by atoms with Gasteiger partial charge in [-0.25, -0.2) is 0 Å². The van der Waals surface area contributed by atoms with Crippen molar-refractivity contribution >= 4 is 23.2 Å². The first-order valence-corrected chi connectivity index (χ1v) is 7.35. The van der Waals surface area contributed by atoms with Gasteiger partial charge in [-0.05, 0) is 36.8 Å². The molecule has 4 heteroatoms. The molecule has 0 bridgehead atoms. The molecule has 1 N–H and O–H groups in total. The number of aromatic nitrogens is 1. The van der Waals surface area contributed by atoms with Crippen LogP contribution in [-0.4, -0.2) is 18.1 Å². The third-order valence-corrected chi connectivity index (χ3v) is 4.52. The second-order valence-electron chi connectivity index (χ2n) is 5.53. The molecule has 0 aliphatic heterocycles. The summed E-state index contributed by atoms with van der Waals surface area (Å²) in [6.07, 6.45) is 9.60. The van der Waals surface area contributed by atoms with Gasteiger partial charge in [0.05, 0.1) is 10.0 Å². The zero-order valence-corrected chi connectivity index (χ0v) is 12.3. The van der Waals surface area contributed by atoms with E-state index in [9.17, 15) is 0 Å². The fourth-order valence-electron chi connectivity index (χ4n) is 2.69. The highest BCUT2D eigenvalue weighted by molar-refractivity contribution is 6.35. The first-order valence-electron chi connectivity index (χ1n) is 6.59. The Kier molecular flexibility index (Phi) is 4.88. The Balaban J connectivity index is 1.78. The van der Waals surface area contributed by atoms with Crippen LogP contribution in [0.1, 0.15) is 38.2 Å². The van der Waals surface area contributed by atoms with E-state index < -0.39 is 0 Å². The average Bonchev–Trinajstić information content (AvgIpc) is 2.75. The smallest absolute Gasteiger partial charge is 0.0636 e. The number of pyridine rings is 1. The molecule has 0 spiro atoms. The molecule has 1 aromatic heterocycles. The molecule has 2 nitrogen and oxygen atoms in total. The molecule has 2 rings (SSSR count). The number of nitrogens with one attached hydrogen (secondary N) is 1. The highest BCUT2D eigenvalue weighted by Gasteiger charge is 2.27. The first-order chi connectivity index (χ1) is 8.61. The van der Waals surface area contributed by atoms with Crippen molar-refractivity contribution in [2.45, 2.75) is 39.0 Å². The van der Waals surface area contributed by atoms with Crippen molar-refractivity contribution in [3.8, 4) is 0 Å². The van der Waals surface area contributed by atoms with Crippen LogP contribution >= 0.6 is 23.2 Å². The first kappa shape index (κ1) is 14.1. The van der Waals surface area contributed by atoms with Gasteiger partial charge in [0.2, 0.25) is 0 Å². The van der Waals surface area contributed by atoms with Crippen LogP contribution in [0.2, 0.25) is 10.0 Å². The molecule has 1 aliphatic rings. The van der Waals surface area contributed by atoms with Crippen molar-refractivity contribution in [3.63, 3.8) is 0 Å². The Morgan fingerprint density at radius 1 is 1.22 bits per heavy atom. The van der Waals surface area contributed by atoms with Crippen molar-refractivity contribution in [3.05, 3.63) is 28.0 Å². The molecule has 0 atom stereocenters. The topological polar surface area (TPSA) is 24.9 Å². The molecule has 100 valence electrons. The van der Waals surface area contributed by atoms with E-state index in [1.54, 1.807) is 12.4 Å². The molecule has 1 heterocycles. The van der Waals surface area contributed by atoms with E-state index in [-0.39, 0.29) is 0 Å². The molecule has 1 aliphatic carbocycles. The van der Waals surface area contributed by atoms with E-state index >= 15 is 0 Å². The van der Waals surface area contributed by atoms with Crippen molar-refractivity contribution < 1.29 is 0 Å². The van der Waals surface area contributed by atoms with Crippen molar-refractivity contribution in [1.82, 2.24) is 10.3 Å². The average molecular weight is 287 g/mol. The third kappa shape index (κ3) is 3.59. The van der Waals surface area contributed by atoms with Crippen molar-refractivity contribution in [1.29, 1.82) is 0 Å². The number of rotatable bonds is 5. The molecule has 0 saturated heterocycles. The number of hydrogen-bond acceptors (Lipinski definition) is 2. The molecule has 0 unspecified atom stereocenters. The Morgan fingerprint density at radius 3 is 2.44 bits per heavy atom. The molecule has 18 heavy (non-hydrogen) atoms. The lowest BCUT2D eigenvalue weighted by atomic mass is 9.89. The quantitative estimate of drug-likeness (QED) is 0.825. The second-order valence-corrected chi connectivity index (χ2v) is 6.34. The maximum absolute atomic E-state index is 6.09. The summed E-state index contributed by atoms with van der Waals surface area (Å²) >= 11 is 12.2. The minimum atomic E-state index is 0.492. The van der Waals surface area contributed by atoms with Gasteiger partial charge in [-0.2, -0.15) is 0 Å². The fraction of sp³-hybridized carbons (Fsp3) is 0.643. The van der Waals surface area contributed by atoms with E-state index in [2.05, 4.69) is 17.2 Å². The van der Waals surface area contributed by atoms with Crippen LogP contribution in [0.4, 0.5) is 0 Å². The fourth-order valence-corrected chi connectivity index (χ4v) is 3.24. The summed E-state index contributed by atoms with van der Waals surface area (Å²) in [7, 11) is 0. The summed E-state index contributed by atoms with van der Waals surface area (Å²) in [4.78, 5) is 3.96. The molecule has 1 saturated carbocycles. The standard InChI is InChI=1S/C14H20Cl2N2/c1-14(5-2-3-6-14)10-17-7-4-11-12(15)8-18-9-13(11)16/h8-9,17H,2-7,10H2,1H3. The van der Waals surface area contributed by atoms with Crippen LogP contribution in [0.3, 0.4) is 0 Å². The Labute approximate surface area is 119 Å². The summed E-state index contributed by atoms with van der Waals surface area (Å²) in [5, 5.41) is 4.86. The second kappa shape index (κ2) is 6.23. The SMILES string of the molecule is CC1(CNCCc2c(Cl)cncc2Cl)CCCC1. The largest absolute Gasteiger partial charge is 0.316 e. The van der Waals surface area contributed by atoms with Crippen molar-refractivity contribution in [2.75, 3.05) is 13.1 Å².